The van der Waals surface area contributed by atoms with Gasteiger partial charge in [0.15, 0.2) is 0 Å². The fourth-order valence-electron chi connectivity index (χ4n) is 4.07. The van der Waals surface area contributed by atoms with Gasteiger partial charge >= 0.3 is 0 Å². The zero-order valence-electron chi connectivity index (χ0n) is 12.2. The maximum absolute atomic E-state index is 6.55. The summed E-state index contributed by atoms with van der Waals surface area (Å²) < 4.78 is 5.81. The van der Waals surface area contributed by atoms with Crippen LogP contribution >= 0.6 is 0 Å². The molecule has 0 aromatic heterocycles. The summed E-state index contributed by atoms with van der Waals surface area (Å²) >= 11 is 0. The van der Waals surface area contributed by atoms with Crippen LogP contribution in [0.15, 0.2) is 0 Å². The highest BCUT2D eigenvalue weighted by atomic mass is 16.5. The molecule has 0 amide bonds. The van der Waals surface area contributed by atoms with Crippen molar-refractivity contribution >= 4 is 0 Å². The fraction of sp³-hybridized carbons (Fsp3) is 1.00. The lowest BCUT2D eigenvalue weighted by atomic mass is 9.74. The summed E-state index contributed by atoms with van der Waals surface area (Å²) in [6.07, 6.45) is 12.5. The molecule has 0 heterocycles. The smallest absolute Gasteiger partial charge is 0.0752 e. The topological polar surface area (TPSA) is 35.2 Å². The summed E-state index contributed by atoms with van der Waals surface area (Å²) in [5.41, 5.74) is 6.55. The Balaban J connectivity index is 1.89. The molecular formula is C16H31NO. The minimum absolute atomic E-state index is 0.269. The molecule has 2 aliphatic carbocycles. The van der Waals surface area contributed by atoms with Crippen LogP contribution in [0.4, 0.5) is 0 Å². The Hall–Kier alpha value is -0.0800. The second-order valence-corrected chi connectivity index (χ2v) is 6.70. The van der Waals surface area contributed by atoms with E-state index in [0.717, 1.165) is 11.8 Å². The van der Waals surface area contributed by atoms with E-state index in [4.69, 9.17) is 10.5 Å². The van der Waals surface area contributed by atoms with Gasteiger partial charge in [-0.2, -0.15) is 0 Å². The van der Waals surface area contributed by atoms with Crippen molar-refractivity contribution < 1.29 is 4.74 Å². The summed E-state index contributed by atoms with van der Waals surface area (Å²) in [7, 11) is 1.87. The molecule has 0 aliphatic heterocycles. The van der Waals surface area contributed by atoms with Gasteiger partial charge in [-0.1, -0.05) is 39.0 Å². The molecule has 18 heavy (non-hydrogen) atoms. The van der Waals surface area contributed by atoms with Gasteiger partial charge in [0.2, 0.25) is 0 Å². The Morgan fingerprint density at radius 3 is 2.06 bits per heavy atom. The maximum atomic E-state index is 6.55. The molecule has 2 nitrogen and oxygen atoms in total. The summed E-state index contributed by atoms with van der Waals surface area (Å²) in [6, 6.07) is 0.269. The SMILES string of the molecule is COC(C1CCCCC1)C(N)C1CCC(C)CC1. The Kier molecular flexibility index (Phi) is 5.50. The average molecular weight is 253 g/mol. The normalized spacial score (nSPS) is 34.2. The van der Waals surface area contributed by atoms with Gasteiger partial charge < -0.3 is 10.5 Å². The zero-order valence-corrected chi connectivity index (χ0v) is 12.2. The number of hydrogen-bond acceptors (Lipinski definition) is 2. The van der Waals surface area contributed by atoms with Crippen LogP contribution in [0.1, 0.15) is 64.7 Å². The summed E-state index contributed by atoms with van der Waals surface area (Å²) in [5.74, 6) is 2.33. The van der Waals surface area contributed by atoms with Gasteiger partial charge in [-0.25, -0.2) is 0 Å². The van der Waals surface area contributed by atoms with Crippen LogP contribution in [0.5, 0.6) is 0 Å². The number of nitrogens with two attached hydrogens (primary N) is 1. The predicted octanol–water partition coefficient (Wildman–Crippen LogP) is 3.74. The molecule has 0 aromatic rings. The zero-order chi connectivity index (χ0) is 13.0. The van der Waals surface area contributed by atoms with Gasteiger partial charge in [0.1, 0.15) is 0 Å². The van der Waals surface area contributed by atoms with Crippen LogP contribution < -0.4 is 5.73 Å². The molecular weight excluding hydrogens is 222 g/mol. The first-order valence-corrected chi connectivity index (χ1v) is 8.00. The number of hydrogen-bond donors (Lipinski definition) is 1. The van der Waals surface area contributed by atoms with E-state index in [1.807, 2.05) is 7.11 Å². The third-order valence-corrected chi connectivity index (χ3v) is 5.37. The van der Waals surface area contributed by atoms with E-state index in [2.05, 4.69) is 6.92 Å². The van der Waals surface area contributed by atoms with Crippen LogP contribution in [0, 0.1) is 17.8 Å². The second-order valence-electron chi connectivity index (χ2n) is 6.70. The van der Waals surface area contributed by atoms with Gasteiger partial charge in [-0.05, 0) is 43.4 Å². The molecule has 0 bridgehead atoms. The lowest BCUT2D eigenvalue weighted by molar-refractivity contribution is -0.00303. The quantitative estimate of drug-likeness (QED) is 0.828. The molecule has 0 aromatic carbocycles. The van der Waals surface area contributed by atoms with E-state index in [0.29, 0.717) is 12.0 Å². The van der Waals surface area contributed by atoms with E-state index in [-0.39, 0.29) is 6.04 Å². The first-order valence-electron chi connectivity index (χ1n) is 8.00. The van der Waals surface area contributed by atoms with Gasteiger partial charge in [0.25, 0.3) is 0 Å². The molecule has 106 valence electrons. The van der Waals surface area contributed by atoms with Crippen LogP contribution in [0.2, 0.25) is 0 Å². The Morgan fingerprint density at radius 1 is 0.889 bits per heavy atom. The predicted molar refractivity (Wildman–Crippen MR) is 76.5 cm³/mol. The average Bonchev–Trinajstić information content (AvgIpc) is 2.41. The number of methoxy groups -OCH3 is 1. The third-order valence-electron chi connectivity index (χ3n) is 5.37. The van der Waals surface area contributed by atoms with Crippen LogP contribution in [-0.4, -0.2) is 19.3 Å². The van der Waals surface area contributed by atoms with Crippen molar-refractivity contribution in [2.45, 2.75) is 76.9 Å². The third kappa shape index (κ3) is 3.48. The summed E-state index contributed by atoms with van der Waals surface area (Å²) in [4.78, 5) is 0. The summed E-state index contributed by atoms with van der Waals surface area (Å²) in [5, 5.41) is 0. The molecule has 2 fully saturated rings. The van der Waals surface area contributed by atoms with E-state index in [9.17, 15) is 0 Å². The highest BCUT2D eigenvalue weighted by Gasteiger charge is 2.34. The van der Waals surface area contributed by atoms with E-state index >= 15 is 0 Å². The van der Waals surface area contributed by atoms with Crippen molar-refractivity contribution in [1.82, 2.24) is 0 Å². The molecule has 2 saturated carbocycles. The van der Waals surface area contributed by atoms with Gasteiger partial charge in [-0.15, -0.1) is 0 Å². The highest BCUT2D eigenvalue weighted by molar-refractivity contribution is 4.88. The lowest BCUT2D eigenvalue weighted by Crippen LogP contribution is -2.47. The van der Waals surface area contributed by atoms with Gasteiger partial charge in [0.05, 0.1) is 6.10 Å². The first kappa shape index (κ1) is 14.3. The van der Waals surface area contributed by atoms with Gasteiger partial charge in [-0.3, -0.25) is 0 Å². The monoisotopic (exact) mass is 253 g/mol. The molecule has 2 aliphatic rings. The van der Waals surface area contributed by atoms with Crippen LogP contribution in [-0.2, 0) is 4.74 Å². The highest BCUT2D eigenvalue weighted by Crippen LogP contribution is 2.35. The standard InChI is InChI=1S/C16H31NO/c1-12-8-10-13(11-9-12)15(17)16(18-2)14-6-4-3-5-7-14/h12-16H,3-11,17H2,1-2H3. The maximum Gasteiger partial charge on any atom is 0.0752 e. The van der Waals surface area contributed by atoms with E-state index in [1.54, 1.807) is 0 Å². The first-order chi connectivity index (χ1) is 8.72. The van der Waals surface area contributed by atoms with Crippen LogP contribution in [0.25, 0.3) is 0 Å². The molecule has 0 spiro atoms. The van der Waals surface area contributed by atoms with Crippen molar-refractivity contribution in [3.63, 3.8) is 0 Å². The lowest BCUT2D eigenvalue weighted by Gasteiger charge is -2.39. The number of rotatable bonds is 4. The molecule has 2 unspecified atom stereocenters. The molecule has 2 rings (SSSR count). The van der Waals surface area contributed by atoms with Crippen molar-refractivity contribution in [3.8, 4) is 0 Å². The van der Waals surface area contributed by atoms with Gasteiger partial charge in [0, 0.05) is 13.2 Å². The van der Waals surface area contributed by atoms with Crippen LogP contribution in [0.3, 0.4) is 0 Å². The Labute approximate surface area is 113 Å². The Bertz CT molecular complexity index is 229. The molecule has 2 atom stereocenters. The van der Waals surface area contributed by atoms with Crippen molar-refractivity contribution in [2.75, 3.05) is 7.11 Å². The van der Waals surface area contributed by atoms with E-state index in [1.165, 1.54) is 57.8 Å². The molecule has 0 saturated heterocycles. The minimum atomic E-state index is 0.269. The van der Waals surface area contributed by atoms with Crippen molar-refractivity contribution in [1.29, 1.82) is 0 Å². The largest absolute Gasteiger partial charge is 0.380 e. The molecule has 0 radical (unpaired) electrons. The molecule has 2 N–H and O–H groups in total. The fourth-order valence-corrected chi connectivity index (χ4v) is 4.07. The number of ether oxygens (including phenoxy) is 1. The Morgan fingerprint density at radius 2 is 1.50 bits per heavy atom. The molecule has 2 heteroatoms. The van der Waals surface area contributed by atoms with Crippen molar-refractivity contribution in [3.05, 3.63) is 0 Å². The van der Waals surface area contributed by atoms with Crippen molar-refractivity contribution in [2.24, 2.45) is 23.5 Å². The minimum Gasteiger partial charge on any atom is -0.380 e. The second kappa shape index (κ2) is 6.91. The summed E-state index contributed by atoms with van der Waals surface area (Å²) in [6.45, 7) is 2.37. The van der Waals surface area contributed by atoms with E-state index < -0.39 is 0 Å².